The molecule has 0 saturated heterocycles. The lowest BCUT2D eigenvalue weighted by molar-refractivity contribution is -0.116. The number of hydrogen-bond acceptors (Lipinski definition) is 3. The maximum atomic E-state index is 13.2. The van der Waals surface area contributed by atoms with E-state index in [4.69, 9.17) is 5.10 Å². The maximum Gasteiger partial charge on any atom is 0.318 e. The molecule has 7 heteroatoms. The van der Waals surface area contributed by atoms with Crippen molar-refractivity contribution in [3.8, 4) is 5.69 Å². The Morgan fingerprint density at radius 1 is 0.912 bits per heavy atom. The molecule has 3 aromatic rings. The van der Waals surface area contributed by atoms with Crippen LogP contribution in [0.2, 0.25) is 0 Å². The van der Waals surface area contributed by atoms with Crippen LogP contribution in [0.5, 0.6) is 0 Å². The molecule has 0 unspecified atom stereocenters. The minimum atomic E-state index is -0.421. The summed E-state index contributed by atoms with van der Waals surface area (Å²) in [5, 5.41) is 10.7. The van der Waals surface area contributed by atoms with E-state index in [-0.39, 0.29) is 23.9 Å². The van der Waals surface area contributed by atoms with E-state index >= 15 is 0 Å². The lowest BCUT2D eigenvalue weighted by Crippen LogP contribution is -2.50. The number of carbonyl (C=O) groups excluding carboxylic acids is 2. The van der Waals surface area contributed by atoms with Crippen molar-refractivity contribution in [3.63, 3.8) is 0 Å². The maximum absolute atomic E-state index is 13.2. The van der Waals surface area contributed by atoms with Gasteiger partial charge in [-0.1, -0.05) is 69.3 Å². The van der Waals surface area contributed by atoms with Gasteiger partial charge in [-0.2, -0.15) is 5.10 Å². The molecule has 0 aliphatic carbocycles. The van der Waals surface area contributed by atoms with Crippen LogP contribution in [-0.2, 0) is 16.8 Å². The second-order valence-electron chi connectivity index (χ2n) is 10.5. The van der Waals surface area contributed by atoms with E-state index in [2.05, 4.69) is 31.4 Å². The van der Waals surface area contributed by atoms with Gasteiger partial charge in [0, 0.05) is 23.6 Å². The van der Waals surface area contributed by atoms with Crippen molar-refractivity contribution in [2.75, 3.05) is 11.9 Å². The van der Waals surface area contributed by atoms with Gasteiger partial charge in [-0.25, -0.2) is 9.48 Å². The van der Waals surface area contributed by atoms with Crippen molar-refractivity contribution in [1.82, 2.24) is 20.0 Å². The Labute approximate surface area is 202 Å². The van der Waals surface area contributed by atoms with Gasteiger partial charge in [-0.05, 0) is 38.5 Å². The highest BCUT2D eigenvalue weighted by Gasteiger charge is 2.24. The van der Waals surface area contributed by atoms with E-state index in [9.17, 15) is 9.59 Å². The predicted molar refractivity (Wildman–Crippen MR) is 136 cm³/mol. The Morgan fingerprint density at radius 2 is 1.50 bits per heavy atom. The van der Waals surface area contributed by atoms with Crippen molar-refractivity contribution < 1.29 is 9.59 Å². The highest BCUT2D eigenvalue weighted by Crippen LogP contribution is 2.26. The molecule has 34 heavy (non-hydrogen) atoms. The molecular formula is C27H35N5O2. The van der Waals surface area contributed by atoms with Crippen molar-refractivity contribution in [3.05, 3.63) is 78.0 Å². The third kappa shape index (κ3) is 6.94. The monoisotopic (exact) mass is 461 g/mol. The molecule has 3 rings (SSSR count). The van der Waals surface area contributed by atoms with Crippen LogP contribution in [-0.4, -0.2) is 38.7 Å². The van der Waals surface area contributed by atoms with Crippen LogP contribution in [0.1, 0.15) is 52.8 Å². The molecule has 180 valence electrons. The topological polar surface area (TPSA) is 79.3 Å². The Kier molecular flexibility index (Phi) is 7.44. The molecule has 7 nitrogen and oxygen atoms in total. The van der Waals surface area contributed by atoms with Crippen molar-refractivity contribution in [2.45, 2.75) is 59.0 Å². The first kappa shape index (κ1) is 25.0. The molecule has 0 radical (unpaired) electrons. The van der Waals surface area contributed by atoms with E-state index in [0.717, 1.165) is 16.9 Å². The summed E-state index contributed by atoms with van der Waals surface area (Å²) in [5.74, 6) is 0.273. The first-order chi connectivity index (χ1) is 15.9. The number of para-hydroxylation sites is 1. The average Bonchev–Trinajstić information content (AvgIpc) is 3.17. The summed E-state index contributed by atoms with van der Waals surface area (Å²) in [6.45, 7) is 12.2. The van der Waals surface area contributed by atoms with Crippen LogP contribution in [0, 0.1) is 0 Å². The highest BCUT2D eigenvalue weighted by atomic mass is 16.2. The molecule has 0 spiro atoms. The number of amides is 3. The summed E-state index contributed by atoms with van der Waals surface area (Å²) < 4.78 is 1.73. The van der Waals surface area contributed by atoms with E-state index in [1.165, 1.54) is 4.90 Å². The first-order valence-electron chi connectivity index (χ1n) is 11.5. The zero-order chi connectivity index (χ0) is 24.9. The van der Waals surface area contributed by atoms with Gasteiger partial charge in [-0.15, -0.1) is 0 Å². The zero-order valence-corrected chi connectivity index (χ0v) is 20.9. The molecule has 2 N–H and O–H groups in total. The predicted octanol–water partition coefficient (Wildman–Crippen LogP) is 5.12. The van der Waals surface area contributed by atoms with Gasteiger partial charge in [-0.3, -0.25) is 4.79 Å². The third-order valence-electron chi connectivity index (χ3n) is 5.07. The van der Waals surface area contributed by atoms with Gasteiger partial charge in [0.05, 0.1) is 11.4 Å². The summed E-state index contributed by atoms with van der Waals surface area (Å²) in [5.41, 5.74) is 2.04. The number of anilines is 1. The van der Waals surface area contributed by atoms with Gasteiger partial charge < -0.3 is 15.5 Å². The van der Waals surface area contributed by atoms with Crippen LogP contribution < -0.4 is 10.6 Å². The number of urea groups is 1. The van der Waals surface area contributed by atoms with Gasteiger partial charge in [0.15, 0.2) is 0 Å². The smallest absolute Gasteiger partial charge is 0.318 e. The molecular weight excluding hydrogens is 426 g/mol. The number of nitrogens with one attached hydrogen (secondary N) is 2. The molecule has 0 fully saturated rings. The van der Waals surface area contributed by atoms with Crippen LogP contribution in [0.4, 0.5) is 10.6 Å². The van der Waals surface area contributed by atoms with Gasteiger partial charge >= 0.3 is 6.03 Å². The minimum absolute atomic E-state index is 0.0956. The van der Waals surface area contributed by atoms with Crippen molar-refractivity contribution >= 4 is 17.8 Å². The number of aromatic nitrogens is 2. The Balaban J connectivity index is 1.84. The third-order valence-corrected chi connectivity index (χ3v) is 5.07. The molecule has 1 aromatic heterocycles. The zero-order valence-electron chi connectivity index (χ0n) is 20.9. The van der Waals surface area contributed by atoms with Crippen molar-refractivity contribution in [1.29, 1.82) is 0 Å². The molecule has 1 heterocycles. The summed E-state index contributed by atoms with van der Waals surface area (Å²) in [6, 6.07) is 20.9. The van der Waals surface area contributed by atoms with Crippen LogP contribution in [0.3, 0.4) is 0 Å². The van der Waals surface area contributed by atoms with E-state index in [1.807, 2.05) is 87.5 Å². The largest absolute Gasteiger partial charge is 0.333 e. The van der Waals surface area contributed by atoms with Gasteiger partial charge in [0.25, 0.3) is 0 Å². The fraction of sp³-hybridized carbons (Fsp3) is 0.370. The minimum Gasteiger partial charge on any atom is -0.333 e. The van der Waals surface area contributed by atoms with Crippen LogP contribution in [0.25, 0.3) is 5.69 Å². The summed E-state index contributed by atoms with van der Waals surface area (Å²) in [7, 11) is 0. The number of rotatable bonds is 6. The van der Waals surface area contributed by atoms with E-state index in [0.29, 0.717) is 12.4 Å². The normalized spacial score (nSPS) is 11.7. The Morgan fingerprint density at radius 3 is 2.06 bits per heavy atom. The van der Waals surface area contributed by atoms with Gasteiger partial charge in [0.2, 0.25) is 5.91 Å². The second kappa shape index (κ2) is 10.1. The van der Waals surface area contributed by atoms with Crippen LogP contribution >= 0.6 is 0 Å². The number of benzene rings is 2. The molecule has 0 bridgehead atoms. The Hall–Kier alpha value is -3.61. The average molecular weight is 462 g/mol. The van der Waals surface area contributed by atoms with E-state index < -0.39 is 5.54 Å². The molecule has 2 aromatic carbocycles. The van der Waals surface area contributed by atoms with Crippen molar-refractivity contribution in [2.24, 2.45) is 0 Å². The summed E-state index contributed by atoms with van der Waals surface area (Å²) in [6.07, 6.45) is 0. The molecule has 0 aliphatic heterocycles. The number of carbonyl (C=O) groups is 2. The standard InChI is InChI=1S/C27H35N5O2/c1-26(2,3)22-17-23(32(30-22)21-15-11-8-12-16-21)28-24(33)19-31(25(34)29-27(4,5)6)18-20-13-9-7-10-14-20/h7-17H,18-19H2,1-6H3,(H,28,33)(H,29,34). The van der Waals surface area contributed by atoms with Gasteiger partial charge in [0.1, 0.15) is 12.4 Å². The quantitative estimate of drug-likeness (QED) is 0.535. The lowest BCUT2D eigenvalue weighted by Gasteiger charge is -2.28. The molecule has 0 saturated carbocycles. The fourth-order valence-electron chi connectivity index (χ4n) is 3.36. The second-order valence-corrected chi connectivity index (χ2v) is 10.5. The van der Waals surface area contributed by atoms with Crippen LogP contribution in [0.15, 0.2) is 66.7 Å². The Bertz CT molecular complexity index is 1110. The SMILES string of the molecule is CC(C)(C)NC(=O)N(CC(=O)Nc1cc(C(C)(C)C)nn1-c1ccccc1)Cc1ccccc1. The highest BCUT2D eigenvalue weighted by molar-refractivity contribution is 5.94. The number of nitrogens with zero attached hydrogens (tertiary/aromatic N) is 3. The number of hydrogen-bond donors (Lipinski definition) is 2. The molecule has 0 atom stereocenters. The lowest BCUT2D eigenvalue weighted by atomic mass is 9.92. The fourth-order valence-corrected chi connectivity index (χ4v) is 3.36. The van der Waals surface area contributed by atoms with E-state index in [1.54, 1.807) is 4.68 Å². The summed E-state index contributed by atoms with van der Waals surface area (Å²) in [4.78, 5) is 27.7. The summed E-state index contributed by atoms with van der Waals surface area (Å²) >= 11 is 0. The first-order valence-corrected chi connectivity index (χ1v) is 11.5. The molecule has 3 amide bonds. The molecule has 0 aliphatic rings.